The van der Waals surface area contributed by atoms with Crippen LogP contribution in [0.4, 0.5) is 11.4 Å². The average Bonchev–Trinajstić information content (AvgIpc) is 2.98. The van der Waals surface area contributed by atoms with Gasteiger partial charge < -0.3 is 5.32 Å². The van der Waals surface area contributed by atoms with Crippen molar-refractivity contribution in [3.8, 4) is 5.69 Å². The lowest BCUT2D eigenvalue weighted by atomic mass is 10.2. The first kappa shape index (κ1) is 19.8. The van der Waals surface area contributed by atoms with E-state index in [0.29, 0.717) is 27.8 Å². The Kier molecular flexibility index (Phi) is 5.39. The molecule has 0 bridgehead atoms. The molecule has 0 unspecified atom stereocenters. The molecule has 28 heavy (non-hydrogen) atoms. The van der Waals surface area contributed by atoms with Crippen LogP contribution in [-0.4, -0.2) is 35.6 Å². The van der Waals surface area contributed by atoms with Gasteiger partial charge in [0.05, 0.1) is 23.3 Å². The predicted molar refractivity (Wildman–Crippen MR) is 109 cm³/mol. The first-order valence-corrected chi connectivity index (χ1v) is 10.5. The first-order chi connectivity index (χ1) is 13.1. The molecule has 2 aromatic carbocycles. The Morgan fingerprint density at radius 2 is 1.89 bits per heavy atom. The number of carbonyl (C=O) groups excluding carboxylic acids is 1. The zero-order chi connectivity index (χ0) is 20.5. The van der Waals surface area contributed by atoms with Crippen molar-refractivity contribution in [3.63, 3.8) is 0 Å². The Morgan fingerprint density at radius 1 is 1.14 bits per heavy atom. The molecule has 1 amide bonds. The molecule has 0 aliphatic heterocycles. The van der Waals surface area contributed by atoms with Crippen LogP contribution in [0.25, 0.3) is 5.69 Å². The quantitative estimate of drug-likeness (QED) is 0.660. The second kappa shape index (κ2) is 7.61. The summed E-state index contributed by atoms with van der Waals surface area (Å²) in [5.74, 6) is -0.458. The molecule has 146 valence electrons. The number of sulfonamides is 1. The summed E-state index contributed by atoms with van der Waals surface area (Å²) in [6.07, 6.45) is 1.06. The molecule has 0 saturated heterocycles. The van der Waals surface area contributed by atoms with Crippen molar-refractivity contribution in [3.05, 3.63) is 64.4 Å². The summed E-state index contributed by atoms with van der Waals surface area (Å²) < 4.78 is 26.9. The van der Waals surface area contributed by atoms with E-state index in [1.54, 1.807) is 56.3 Å². The Hall–Kier alpha value is -2.91. The van der Waals surface area contributed by atoms with E-state index in [9.17, 15) is 13.2 Å². The van der Waals surface area contributed by atoms with E-state index in [-0.39, 0.29) is 5.69 Å². The van der Waals surface area contributed by atoms with Gasteiger partial charge in [-0.25, -0.2) is 13.1 Å². The summed E-state index contributed by atoms with van der Waals surface area (Å²) >= 11 is 6.01. The van der Waals surface area contributed by atoms with Crippen molar-refractivity contribution in [2.75, 3.05) is 16.3 Å². The Balaban J connectivity index is 1.85. The normalized spacial score (nSPS) is 11.3. The highest BCUT2D eigenvalue weighted by atomic mass is 35.5. The fourth-order valence-electron chi connectivity index (χ4n) is 2.59. The van der Waals surface area contributed by atoms with Gasteiger partial charge in [0.15, 0.2) is 5.69 Å². The summed E-state index contributed by atoms with van der Waals surface area (Å²) in [6, 6.07) is 12.0. The smallest absolute Gasteiger partial charge is 0.278 e. The molecule has 0 spiro atoms. The van der Waals surface area contributed by atoms with E-state index in [0.717, 1.165) is 11.8 Å². The third-order valence-electron chi connectivity index (χ3n) is 3.95. The standard InChI is InChI=1S/C18H18ClN5O3S/c1-11-7-8-14(10-16(11)22-28(3,26)27)20-18(25)17-12(2)24(23-21-17)15-6-4-5-13(19)9-15/h4-10,22H,1-3H3,(H,20,25). The summed E-state index contributed by atoms with van der Waals surface area (Å²) in [5, 5.41) is 11.2. The minimum Gasteiger partial charge on any atom is -0.320 e. The van der Waals surface area contributed by atoms with Gasteiger partial charge in [0.25, 0.3) is 5.91 Å². The molecule has 0 saturated carbocycles. The molecular weight excluding hydrogens is 402 g/mol. The number of halogens is 1. The minimum atomic E-state index is -3.43. The van der Waals surface area contributed by atoms with Crippen molar-refractivity contribution in [2.45, 2.75) is 13.8 Å². The van der Waals surface area contributed by atoms with Crippen LogP contribution < -0.4 is 10.0 Å². The molecule has 0 aliphatic carbocycles. The summed E-state index contributed by atoms with van der Waals surface area (Å²) in [6.45, 7) is 3.49. The number of benzene rings is 2. The van der Waals surface area contributed by atoms with Crippen LogP contribution in [0.2, 0.25) is 5.02 Å². The van der Waals surface area contributed by atoms with E-state index in [4.69, 9.17) is 11.6 Å². The lowest BCUT2D eigenvalue weighted by molar-refractivity contribution is 0.102. The molecule has 0 aliphatic rings. The number of aromatic nitrogens is 3. The van der Waals surface area contributed by atoms with Crippen LogP contribution in [0.1, 0.15) is 21.7 Å². The van der Waals surface area contributed by atoms with Gasteiger partial charge in [-0.3, -0.25) is 9.52 Å². The van der Waals surface area contributed by atoms with Crippen LogP contribution in [0.15, 0.2) is 42.5 Å². The van der Waals surface area contributed by atoms with Gasteiger partial charge in [-0.15, -0.1) is 5.10 Å². The highest BCUT2D eigenvalue weighted by molar-refractivity contribution is 7.92. The second-order valence-corrected chi connectivity index (χ2v) is 8.46. The number of nitrogens with zero attached hydrogens (tertiary/aromatic N) is 3. The van der Waals surface area contributed by atoms with Gasteiger partial charge in [0, 0.05) is 10.7 Å². The molecule has 8 nitrogen and oxygen atoms in total. The number of rotatable bonds is 5. The van der Waals surface area contributed by atoms with Crippen molar-refractivity contribution < 1.29 is 13.2 Å². The highest BCUT2D eigenvalue weighted by Gasteiger charge is 2.18. The van der Waals surface area contributed by atoms with E-state index < -0.39 is 15.9 Å². The molecule has 0 atom stereocenters. The SMILES string of the molecule is Cc1ccc(NC(=O)c2nnn(-c3cccc(Cl)c3)c2C)cc1NS(C)(=O)=O. The second-order valence-electron chi connectivity index (χ2n) is 6.27. The van der Waals surface area contributed by atoms with Crippen LogP contribution >= 0.6 is 11.6 Å². The van der Waals surface area contributed by atoms with Gasteiger partial charge >= 0.3 is 0 Å². The van der Waals surface area contributed by atoms with Gasteiger partial charge in [-0.05, 0) is 49.7 Å². The molecule has 0 radical (unpaired) electrons. The molecule has 1 heterocycles. The fraction of sp³-hybridized carbons (Fsp3) is 0.167. The number of aryl methyl sites for hydroxylation is 1. The van der Waals surface area contributed by atoms with Crippen LogP contribution in [0.5, 0.6) is 0 Å². The number of nitrogens with one attached hydrogen (secondary N) is 2. The van der Waals surface area contributed by atoms with Crippen LogP contribution in [0, 0.1) is 13.8 Å². The largest absolute Gasteiger partial charge is 0.320 e. The Labute approximate surface area is 167 Å². The summed E-state index contributed by atoms with van der Waals surface area (Å²) in [5.41, 5.74) is 2.93. The molecular formula is C18H18ClN5O3S. The molecule has 3 aromatic rings. The van der Waals surface area contributed by atoms with E-state index in [1.165, 1.54) is 4.68 Å². The number of carbonyl (C=O) groups is 1. The minimum absolute atomic E-state index is 0.151. The molecule has 0 fully saturated rings. The molecule has 3 rings (SSSR count). The first-order valence-electron chi connectivity index (χ1n) is 8.22. The molecule has 2 N–H and O–H groups in total. The number of amides is 1. The monoisotopic (exact) mass is 419 g/mol. The van der Waals surface area contributed by atoms with Gasteiger partial charge in [0.1, 0.15) is 0 Å². The maximum Gasteiger partial charge on any atom is 0.278 e. The zero-order valence-electron chi connectivity index (χ0n) is 15.4. The zero-order valence-corrected chi connectivity index (χ0v) is 17.0. The van der Waals surface area contributed by atoms with Gasteiger partial charge in [-0.2, -0.15) is 0 Å². The third kappa shape index (κ3) is 4.49. The summed E-state index contributed by atoms with van der Waals surface area (Å²) in [4.78, 5) is 12.6. The topological polar surface area (TPSA) is 106 Å². The number of hydrogen-bond donors (Lipinski definition) is 2. The molecule has 1 aromatic heterocycles. The van der Waals surface area contributed by atoms with Gasteiger partial charge in [0.2, 0.25) is 10.0 Å². The van der Waals surface area contributed by atoms with Crippen molar-refractivity contribution >= 4 is 38.9 Å². The maximum absolute atomic E-state index is 12.6. The fourth-order valence-corrected chi connectivity index (χ4v) is 3.40. The van der Waals surface area contributed by atoms with E-state index >= 15 is 0 Å². The van der Waals surface area contributed by atoms with Crippen molar-refractivity contribution in [1.29, 1.82) is 0 Å². The highest BCUT2D eigenvalue weighted by Crippen LogP contribution is 2.22. The van der Waals surface area contributed by atoms with Gasteiger partial charge in [-0.1, -0.05) is 28.9 Å². The Bertz CT molecular complexity index is 1160. The van der Waals surface area contributed by atoms with Crippen molar-refractivity contribution in [2.24, 2.45) is 0 Å². The van der Waals surface area contributed by atoms with E-state index in [1.807, 2.05) is 0 Å². The number of hydrogen-bond acceptors (Lipinski definition) is 5. The number of anilines is 2. The maximum atomic E-state index is 12.6. The predicted octanol–water partition coefficient (Wildman–Crippen LogP) is 3.16. The summed E-state index contributed by atoms with van der Waals surface area (Å²) in [7, 11) is -3.43. The van der Waals surface area contributed by atoms with E-state index in [2.05, 4.69) is 20.4 Å². The van der Waals surface area contributed by atoms with Crippen LogP contribution in [0.3, 0.4) is 0 Å². The lowest BCUT2D eigenvalue weighted by Gasteiger charge is -2.11. The average molecular weight is 420 g/mol. The third-order valence-corrected chi connectivity index (χ3v) is 4.78. The lowest BCUT2D eigenvalue weighted by Crippen LogP contribution is -2.15. The molecule has 10 heteroatoms. The van der Waals surface area contributed by atoms with Crippen molar-refractivity contribution in [1.82, 2.24) is 15.0 Å². The van der Waals surface area contributed by atoms with Crippen LogP contribution in [-0.2, 0) is 10.0 Å². The Morgan fingerprint density at radius 3 is 2.57 bits per heavy atom.